The molecule has 1 aromatic heterocycles. The average molecular weight is 365 g/mol. The summed E-state index contributed by atoms with van der Waals surface area (Å²) < 4.78 is 0.667. The summed E-state index contributed by atoms with van der Waals surface area (Å²) >= 11 is 2.61. The molecule has 0 fully saturated rings. The largest absolute Gasteiger partial charge is 0.355 e. The van der Waals surface area contributed by atoms with Crippen molar-refractivity contribution in [3.8, 4) is 0 Å². The van der Waals surface area contributed by atoms with Crippen molar-refractivity contribution in [2.75, 3.05) is 16.4 Å². The van der Waals surface area contributed by atoms with Crippen molar-refractivity contribution in [2.24, 2.45) is 0 Å². The first-order chi connectivity index (χ1) is 11.3. The number of para-hydroxylation sites is 1. The summed E-state index contributed by atoms with van der Waals surface area (Å²) in [6, 6.07) is 8.36. The predicted molar refractivity (Wildman–Crippen MR) is 97.6 cm³/mol. The fourth-order valence-electron chi connectivity index (χ4n) is 1.61. The maximum Gasteiger partial charge on any atom is 0.325 e. The summed E-state index contributed by atoms with van der Waals surface area (Å²) in [6.07, 6.45) is 0. The Bertz CT molecular complexity index is 697. The molecule has 0 radical (unpaired) electrons. The highest BCUT2D eigenvalue weighted by molar-refractivity contribution is 8.01. The molecule has 0 unspecified atom stereocenters. The van der Waals surface area contributed by atoms with Crippen LogP contribution in [0.5, 0.6) is 0 Å². The number of carbonyl (C=O) groups excluding carboxylic acids is 2. The second-order valence-corrected chi connectivity index (χ2v) is 8.11. The van der Waals surface area contributed by atoms with Gasteiger partial charge in [-0.3, -0.25) is 10.1 Å². The summed E-state index contributed by atoms with van der Waals surface area (Å²) in [5.41, 5.74) is 0.520. The third-order valence-corrected chi connectivity index (χ3v) is 4.47. The van der Waals surface area contributed by atoms with Gasteiger partial charge in [-0.25, -0.2) is 4.79 Å². The summed E-state index contributed by atoms with van der Waals surface area (Å²) in [4.78, 5) is 23.5. The summed E-state index contributed by atoms with van der Waals surface area (Å²) in [7, 11) is 0. The number of benzene rings is 1. The molecule has 2 rings (SSSR count). The first kappa shape index (κ1) is 18.2. The molecule has 0 saturated carbocycles. The number of anilines is 2. The number of hydrogen-bond acceptors (Lipinski definition) is 7. The van der Waals surface area contributed by atoms with E-state index < -0.39 is 11.9 Å². The van der Waals surface area contributed by atoms with E-state index in [0.717, 1.165) is 0 Å². The fraction of sp³-hybridized carbons (Fsp3) is 0.333. The van der Waals surface area contributed by atoms with Crippen LogP contribution in [0.4, 0.5) is 15.6 Å². The zero-order valence-corrected chi connectivity index (χ0v) is 15.3. The topological polar surface area (TPSA) is 96.0 Å². The second kappa shape index (κ2) is 8.11. The van der Waals surface area contributed by atoms with Gasteiger partial charge in [0.25, 0.3) is 0 Å². The van der Waals surface area contributed by atoms with Crippen LogP contribution in [-0.4, -0.2) is 33.4 Å². The van der Waals surface area contributed by atoms with Crippen molar-refractivity contribution < 1.29 is 9.59 Å². The molecule has 1 heterocycles. The third-order valence-electron chi connectivity index (χ3n) is 2.50. The van der Waals surface area contributed by atoms with Gasteiger partial charge in [-0.05, 0) is 32.9 Å². The Hall–Kier alpha value is -2.13. The molecule has 128 valence electrons. The highest BCUT2D eigenvalue weighted by Crippen LogP contribution is 2.26. The van der Waals surface area contributed by atoms with E-state index >= 15 is 0 Å². The van der Waals surface area contributed by atoms with Gasteiger partial charge in [-0.1, -0.05) is 41.3 Å². The molecule has 0 bridgehead atoms. The van der Waals surface area contributed by atoms with Gasteiger partial charge in [0.1, 0.15) is 0 Å². The number of nitrogens with zero attached hydrogens (tertiary/aromatic N) is 2. The first-order valence-corrected chi connectivity index (χ1v) is 9.02. The third kappa shape index (κ3) is 6.55. The Morgan fingerprint density at radius 1 is 1.17 bits per heavy atom. The van der Waals surface area contributed by atoms with E-state index in [1.54, 1.807) is 24.3 Å². The van der Waals surface area contributed by atoms with Gasteiger partial charge in [0.15, 0.2) is 4.34 Å². The van der Waals surface area contributed by atoms with Crippen LogP contribution in [0.1, 0.15) is 20.8 Å². The van der Waals surface area contributed by atoms with Gasteiger partial charge in [0.05, 0.1) is 5.75 Å². The van der Waals surface area contributed by atoms with Crippen LogP contribution in [0.15, 0.2) is 34.7 Å². The molecule has 0 saturated heterocycles. The lowest BCUT2D eigenvalue weighted by Gasteiger charge is -2.18. The minimum atomic E-state index is -0.556. The van der Waals surface area contributed by atoms with Gasteiger partial charge in [-0.2, -0.15) is 0 Å². The van der Waals surface area contributed by atoms with Crippen LogP contribution >= 0.6 is 23.1 Å². The van der Waals surface area contributed by atoms with Gasteiger partial charge < -0.3 is 10.6 Å². The van der Waals surface area contributed by atoms with Gasteiger partial charge >= 0.3 is 6.03 Å². The predicted octanol–water partition coefficient (Wildman–Crippen LogP) is 3.19. The lowest BCUT2D eigenvalue weighted by atomic mass is 10.1. The molecule has 0 aliphatic heterocycles. The number of amides is 3. The van der Waals surface area contributed by atoms with Crippen LogP contribution in [0, 0.1) is 0 Å². The zero-order chi connectivity index (χ0) is 17.6. The van der Waals surface area contributed by atoms with Gasteiger partial charge in [-0.15, -0.1) is 10.2 Å². The first-order valence-electron chi connectivity index (χ1n) is 7.22. The maximum absolute atomic E-state index is 11.8. The molecular weight excluding hydrogens is 346 g/mol. The Morgan fingerprint density at radius 3 is 2.54 bits per heavy atom. The van der Waals surface area contributed by atoms with Crippen LogP contribution in [0.25, 0.3) is 0 Å². The SMILES string of the molecule is CC(C)(C)Nc1nnc(SCC(=O)NC(=O)Nc2ccccc2)s1. The molecule has 24 heavy (non-hydrogen) atoms. The monoisotopic (exact) mass is 365 g/mol. The van der Waals surface area contributed by atoms with E-state index in [0.29, 0.717) is 15.2 Å². The summed E-state index contributed by atoms with van der Waals surface area (Å²) in [6.45, 7) is 6.08. The number of nitrogens with one attached hydrogen (secondary N) is 3. The van der Waals surface area contributed by atoms with Gasteiger partial charge in [0.2, 0.25) is 11.0 Å². The van der Waals surface area contributed by atoms with Crippen molar-refractivity contribution in [3.05, 3.63) is 30.3 Å². The van der Waals surface area contributed by atoms with E-state index in [4.69, 9.17) is 0 Å². The van der Waals surface area contributed by atoms with Crippen molar-refractivity contribution in [3.63, 3.8) is 0 Å². The number of urea groups is 1. The molecule has 2 aromatic rings. The smallest absolute Gasteiger partial charge is 0.325 e. The molecule has 0 spiro atoms. The van der Waals surface area contributed by atoms with E-state index in [9.17, 15) is 9.59 Å². The molecular formula is C15H19N5O2S2. The molecule has 0 atom stereocenters. The summed E-state index contributed by atoms with van der Waals surface area (Å²) in [5, 5.41) is 16.8. The molecule has 7 nitrogen and oxygen atoms in total. The number of thioether (sulfide) groups is 1. The lowest BCUT2D eigenvalue weighted by molar-refractivity contribution is -0.117. The van der Waals surface area contributed by atoms with Crippen molar-refractivity contribution in [2.45, 2.75) is 30.6 Å². The standard InChI is InChI=1S/C15H19N5O2S2/c1-15(2,3)18-13-19-20-14(24-13)23-9-11(21)17-12(22)16-10-7-5-4-6-8-10/h4-8H,9H2,1-3H3,(H,18,19)(H2,16,17,21,22). The molecule has 0 aliphatic carbocycles. The average Bonchev–Trinajstić information content (AvgIpc) is 2.91. The quantitative estimate of drug-likeness (QED) is 0.704. The minimum Gasteiger partial charge on any atom is -0.355 e. The highest BCUT2D eigenvalue weighted by atomic mass is 32.2. The van der Waals surface area contributed by atoms with Crippen LogP contribution < -0.4 is 16.0 Å². The van der Waals surface area contributed by atoms with Crippen LogP contribution in [-0.2, 0) is 4.79 Å². The van der Waals surface area contributed by atoms with E-state index in [1.807, 2.05) is 26.8 Å². The zero-order valence-electron chi connectivity index (χ0n) is 13.6. The van der Waals surface area contributed by atoms with Crippen LogP contribution in [0.2, 0.25) is 0 Å². The second-order valence-electron chi connectivity index (χ2n) is 5.91. The number of hydrogen-bond donors (Lipinski definition) is 3. The van der Waals surface area contributed by atoms with Crippen LogP contribution in [0.3, 0.4) is 0 Å². The van der Waals surface area contributed by atoms with E-state index in [-0.39, 0.29) is 11.3 Å². The Morgan fingerprint density at radius 2 is 1.88 bits per heavy atom. The van der Waals surface area contributed by atoms with E-state index in [1.165, 1.54) is 23.1 Å². The normalized spacial score (nSPS) is 11.0. The molecule has 0 aliphatic rings. The van der Waals surface area contributed by atoms with Crippen molar-refractivity contribution in [1.29, 1.82) is 0 Å². The Kier molecular flexibility index (Phi) is 6.16. The number of rotatable bonds is 5. The van der Waals surface area contributed by atoms with Gasteiger partial charge in [0, 0.05) is 11.2 Å². The fourth-order valence-corrected chi connectivity index (χ4v) is 3.37. The van der Waals surface area contributed by atoms with Crippen molar-refractivity contribution >= 4 is 45.9 Å². The summed E-state index contributed by atoms with van der Waals surface area (Å²) in [5.74, 6) is -0.305. The number of aromatic nitrogens is 2. The molecule has 9 heteroatoms. The lowest BCUT2D eigenvalue weighted by Crippen LogP contribution is -2.35. The Labute approximate surface area is 148 Å². The molecule has 3 N–H and O–H groups in total. The number of imide groups is 1. The molecule has 1 aromatic carbocycles. The van der Waals surface area contributed by atoms with Crippen molar-refractivity contribution in [1.82, 2.24) is 15.5 Å². The molecule has 3 amide bonds. The minimum absolute atomic E-state index is 0.0896. The number of carbonyl (C=O) groups is 2. The van der Waals surface area contributed by atoms with E-state index in [2.05, 4.69) is 26.1 Å². The highest BCUT2D eigenvalue weighted by Gasteiger charge is 2.14. The maximum atomic E-state index is 11.8. The Balaban J connectivity index is 1.76.